The van der Waals surface area contributed by atoms with Gasteiger partial charge in [0, 0.05) is 18.7 Å². The molecule has 0 spiro atoms. The Hall–Kier alpha value is -3.60. The van der Waals surface area contributed by atoms with Crippen molar-refractivity contribution in [3.05, 3.63) is 86.8 Å². The molecule has 2 N–H and O–H groups in total. The summed E-state index contributed by atoms with van der Waals surface area (Å²) in [7, 11) is 0. The zero-order valence-electron chi connectivity index (χ0n) is 16.5. The van der Waals surface area contributed by atoms with Crippen LogP contribution in [-0.2, 0) is 5.54 Å². The number of halogens is 5. The van der Waals surface area contributed by atoms with Crippen molar-refractivity contribution in [3.63, 3.8) is 0 Å². The molecule has 3 heterocycles. The van der Waals surface area contributed by atoms with Crippen molar-refractivity contribution in [1.82, 2.24) is 15.3 Å². The number of aromatic amines is 1. The first-order valence-corrected chi connectivity index (χ1v) is 9.82. The van der Waals surface area contributed by atoms with Gasteiger partial charge in [0.15, 0.2) is 11.6 Å². The minimum absolute atomic E-state index is 0.0550. The van der Waals surface area contributed by atoms with Crippen LogP contribution in [0, 0.1) is 5.82 Å². The summed E-state index contributed by atoms with van der Waals surface area (Å²) in [6.07, 6.45) is -3.84. The molecule has 1 aliphatic rings. The maximum absolute atomic E-state index is 14.6. The van der Waals surface area contributed by atoms with E-state index >= 15 is 0 Å². The topological polar surface area (TPSA) is 93.3 Å². The minimum Gasteiger partial charge on any atom is -0.491 e. The number of ether oxygens (including phenoxy) is 2. The smallest absolute Gasteiger partial charge is 0.491 e. The van der Waals surface area contributed by atoms with Gasteiger partial charge in [0.1, 0.15) is 22.1 Å². The molecule has 1 aromatic carbocycles. The van der Waals surface area contributed by atoms with Crippen molar-refractivity contribution in [2.24, 2.45) is 0 Å². The summed E-state index contributed by atoms with van der Waals surface area (Å²) in [6.45, 7) is 0.0740. The van der Waals surface area contributed by atoms with E-state index in [-0.39, 0.29) is 40.8 Å². The van der Waals surface area contributed by atoms with Gasteiger partial charge >= 0.3 is 6.36 Å². The standard InChI is InChI=1S/C21H14ClF4N3O4/c22-16-5-4-15-18(28-16)20(7-8-32-15,29-19(31)11-1-6-17(30)27-10-11)12-2-3-14(13(23)9-12)33-21(24,25)26/h1-6,9-10H,7-8H2,(H,27,30)(H,29,31)/t20-/m0/s1. The van der Waals surface area contributed by atoms with Crippen LogP contribution in [0.5, 0.6) is 11.5 Å². The molecule has 0 unspecified atom stereocenters. The van der Waals surface area contributed by atoms with Crippen LogP contribution in [0.4, 0.5) is 17.6 Å². The molecule has 4 rings (SSSR count). The first-order chi connectivity index (χ1) is 15.6. The largest absolute Gasteiger partial charge is 0.573 e. The average molecular weight is 484 g/mol. The van der Waals surface area contributed by atoms with Crippen LogP contribution in [-0.4, -0.2) is 28.8 Å². The van der Waals surface area contributed by atoms with Crippen LogP contribution in [0.3, 0.4) is 0 Å². The molecule has 3 aromatic rings. The normalized spacial score (nSPS) is 17.6. The van der Waals surface area contributed by atoms with Gasteiger partial charge in [-0.25, -0.2) is 9.37 Å². The molecule has 12 heteroatoms. The van der Waals surface area contributed by atoms with Crippen molar-refractivity contribution in [3.8, 4) is 11.5 Å². The number of nitrogens with zero attached hydrogens (tertiary/aromatic N) is 1. The molecule has 0 fully saturated rings. The van der Waals surface area contributed by atoms with Gasteiger partial charge in [-0.15, -0.1) is 13.2 Å². The van der Waals surface area contributed by atoms with Crippen molar-refractivity contribution < 1.29 is 31.8 Å². The SMILES string of the molecule is O=C(N[C@]1(c2ccc(OC(F)(F)F)c(F)c2)CCOc2ccc(Cl)nc21)c1ccc(=O)[nH]c1. The van der Waals surface area contributed by atoms with Gasteiger partial charge in [-0.1, -0.05) is 17.7 Å². The second kappa shape index (κ2) is 8.39. The van der Waals surface area contributed by atoms with Crippen molar-refractivity contribution >= 4 is 17.5 Å². The first-order valence-electron chi connectivity index (χ1n) is 9.44. The predicted molar refractivity (Wildman–Crippen MR) is 108 cm³/mol. The van der Waals surface area contributed by atoms with Crippen LogP contribution in [0.15, 0.2) is 53.5 Å². The Morgan fingerprint density at radius 2 is 2.00 bits per heavy atom. The van der Waals surface area contributed by atoms with E-state index in [0.29, 0.717) is 0 Å². The molecule has 0 radical (unpaired) electrons. The summed E-state index contributed by atoms with van der Waals surface area (Å²) in [5.74, 6) is -2.72. The number of fused-ring (bicyclic) bond motifs is 1. The zero-order chi connectivity index (χ0) is 23.8. The molecule has 7 nitrogen and oxygen atoms in total. The van der Waals surface area contributed by atoms with E-state index < -0.39 is 34.9 Å². The summed E-state index contributed by atoms with van der Waals surface area (Å²) in [6, 6.07) is 8.24. The molecule has 2 aromatic heterocycles. The van der Waals surface area contributed by atoms with Crippen molar-refractivity contribution in [1.29, 1.82) is 0 Å². The Labute approximate surface area is 188 Å². The number of alkyl halides is 3. The number of nitrogens with one attached hydrogen (secondary N) is 2. The number of hydrogen-bond acceptors (Lipinski definition) is 5. The molecule has 0 bridgehead atoms. The number of pyridine rings is 2. The van der Waals surface area contributed by atoms with E-state index in [9.17, 15) is 27.2 Å². The molecular formula is C21H14ClF4N3O4. The van der Waals surface area contributed by atoms with E-state index in [0.717, 1.165) is 18.2 Å². The number of rotatable bonds is 4. The van der Waals surface area contributed by atoms with Crippen LogP contribution in [0.2, 0.25) is 5.15 Å². The number of carbonyl (C=O) groups is 1. The van der Waals surface area contributed by atoms with Crippen LogP contribution < -0.4 is 20.3 Å². The molecular weight excluding hydrogens is 470 g/mol. The number of carbonyl (C=O) groups excluding carboxylic acids is 1. The van der Waals surface area contributed by atoms with Gasteiger partial charge < -0.3 is 19.8 Å². The van der Waals surface area contributed by atoms with E-state index in [4.69, 9.17) is 16.3 Å². The van der Waals surface area contributed by atoms with E-state index in [2.05, 4.69) is 20.0 Å². The molecule has 172 valence electrons. The fraction of sp³-hybridized carbons (Fsp3) is 0.190. The molecule has 33 heavy (non-hydrogen) atoms. The van der Waals surface area contributed by atoms with Gasteiger partial charge in [0.2, 0.25) is 5.56 Å². The second-order valence-electron chi connectivity index (χ2n) is 7.07. The number of amides is 1. The highest BCUT2D eigenvalue weighted by atomic mass is 35.5. The average Bonchev–Trinajstić information content (AvgIpc) is 2.75. The highest BCUT2D eigenvalue weighted by Gasteiger charge is 2.44. The number of benzene rings is 1. The maximum atomic E-state index is 14.6. The Morgan fingerprint density at radius 3 is 2.67 bits per heavy atom. The third kappa shape index (κ3) is 4.63. The molecule has 1 amide bonds. The van der Waals surface area contributed by atoms with E-state index in [1.54, 1.807) is 0 Å². The quantitative estimate of drug-likeness (QED) is 0.433. The van der Waals surface area contributed by atoms with Gasteiger partial charge in [0.05, 0.1) is 12.2 Å². The lowest BCUT2D eigenvalue weighted by Gasteiger charge is -2.39. The molecule has 1 aliphatic heterocycles. The van der Waals surface area contributed by atoms with Gasteiger partial charge in [-0.3, -0.25) is 9.59 Å². The Kier molecular flexibility index (Phi) is 5.75. The van der Waals surface area contributed by atoms with Crippen LogP contribution in [0.1, 0.15) is 28.0 Å². The number of H-pyrrole nitrogens is 1. The number of hydrogen-bond donors (Lipinski definition) is 2. The summed E-state index contributed by atoms with van der Waals surface area (Å²) < 4.78 is 61.6. The van der Waals surface area contributed by atoms with E-state index in [1.807, 2.05) is 0 Å². The van der Waals surface area contributed by atoms with Gasteiger partial charge in [0.25, 0.3) is 5.91 Å². The third-order valence-electron chi connectivity index (χ3n) is 4.99. The highest BCUT2D eigenvalue weighted by molar-refractivity contribution is 6.29. The van der Waals surface area contributed by atoms with E-state index in [1.165, 1.54) is 30.5 Å². The lowest BCUT2D eigenvalue weighted by molar-refractivity contribution is -0.275. The van der Waals surface area contributed by atoms with Gasteiger partial charge in [-0.05, 0) is 35.9 Å². The summed E-state index contributed by atoms with van der Waals surface area (Å²) in [5.41, 5.74) is -1.62. The third-order valence-corrected chi connectivity index (χ3v) is 5.20. The first kappa shape index (κ1) is 22.6. The summed E-state index contributed by atoms with van der Waals surface area (Å²) in [4.78, 5) is 31.0. The summed E-state index contributed by atoms with van der Waals surface area (Å²) >= 11 is 6.05. The maximum Gasteiger partial charge on any atom is 0.573 e. The second-order valence-corrected chi connectivity index (χ2v) is 7.46. The molecule has 0 aliphatic carbocycles. The lowest BCUT2D eigenvalue weighted by Crippen LogP contribution is -2.50. The molecule has 0 saturated heterocycles. The lowest BCUT2D eigenvalue weighted by atomic mass is 9.81. The molecule has 0 saturated carbocycles. The Balaban J connectivity index is 1.84. The van der Waals surface area contributed by atoms with Gasteiger partial charge in [-0.2, -0.15) is 0 Å². The fourth-order valence-electron chi connectivity index (χ4n) is 3.54. The Bertz CT molecular complexity index is 1260. The van der Waals surface area contributed by atoms with Crippen LogP contribution >= 0.6 is 11.6 Å². The van der Waals surface area contributed by atoms with Crippen molar-refractivity contribution in [2.75, 3.05) is 6.61 Å². The Morgan fingerprint density at radius 1 is 1.21 bits per heavy atom. The number of aromatic nitrogens is 2. The monoisotopic (exact) mass is 483 g/mol. The fourth-order valence-corrected chi connectivity index (χ4v) is 3.69. The van der Waals surface area contributed by atoms with Crippen molar-refractivity contribution in [2.45, 2.75) is 18.3 Å². The minimum atomic E-state index is -5.08. The molecule has 1 atom stereocenters. The van der Waals surface area contributed by atoms with Crippen LogP contribution in [0.25, 0.3) is 0 Å². The zero-order valence-corrected chi connectivity index (χ0v) is 17.3. The summed E-state index contributed by atoms with van der Waals surface area (Å²) in [5, 5.41) is 2.83. The highest BCUT2D eigenvalue weighted by Crippen LogP contribution is 2.42. The predicted octanol–water partition coefficient (Wildman–Crippen LogP) is 3.92.